The summed E-state index contributed by atoms with van der Waals surface area (Å²) < 4.78 is 0. The Morgan fingerprint density at radius 2 is 1.96 bits per heavy atom. The molecule has 0 aliphatic heterocycles. The molecule has 25 heavy (non-hydrogen) atoms. The minimum absolute atomic E-state index is 0.0937. The van der Waals surface area contributed by atoms with E-state index >= 15 is 0 Å². The Labute approximate surface area is 156 Å². The molecular formula is C17H24N4O2S2. The molecule has 0 unspecified atom stereocenters. The summed E-state index contributed by atoms with van der Waals surface area (Å²) in [5.41, 5.74) is 3.38. The Balaban J connectivity index is 2.13. The molecule has 0 aromatic carbocycles. The number of nitrogens with one attached hydrogen (secondary N) is 1. The quantitative estimate of drug-likeness (QED) is 0.184. The monoisotopic (exact) mass is 380 g/mol. The van der Waals surface area contributed by atoms with Gasteiger partial charge in [-0.3, -0.25) is 20.0 Å². The summed E-state index contributed by atoms with van der Waals surface area (Å²) in [6, 6.07) is 3.50. The van der Waals surface area contributed by atoms with Crippen LogP contribution in [0.1, 0.15) is 43.5 Å². The van der Waals surface area contributed by atoms with Crippen molar-refractivity contribution in [2.45, 2.75) is 33.1 Å². The summed E-state index contributed by atoms with van der Waals surface area (Å²) in [7, 11) is 3.37. The molecule has 0 bridgehead atoms. The number of hydrazone groups is 1. The van der Waals surface area contributed by atoms with E-state index < -0.39 is 0 Å². The van der Waals surface area contributed by atoms with Crippen LogP contribution in [0.2, 0.25) is 0 Å². The van der Waals surface area contributed by atoms with Gasteiger partial charge in [-0.1, -0.05) is 21.6 Å². The number of carbonyl (C=O) groups excluding carboxylic acids is 2. The van der Waals surface area contributed by atoms with Crippen LogP contribution in [0.25, 0.3) is 0 Å². The molecule has 1 rings (SSSR count). The number of aliphatic imine (C=N–C) groups is 1. The number of carbonyl (C=O) groups is 2. The third-order valence-corrected chi connectivity index (χ3v) is 5.52. The van der Waals surface area contributed by atoms with Gasteiger partial charge in [0.25, 0.3) is 0 Å². The normalized spacial score (nSPS) is 11.3. The maximum absolute atomic E-state index is 12.1. The summed E-state index contributed by atoms with van der Waals surface area (Å²) in [5, 5.41) is 3.87. The lowest BCUT2D eigenvalue weighted by Gasteiger charge is -2.03. The second-order valence-electron chi connectivity index (χ2n) is 4.99. The van der Waals surface area contributed by atoms with Crippen LogP contribution in [-0.4, -0.2) is 47.0 Å². The number of hydrogen-bond acceptors (Lipinski definition) is 8. The second kappa shape index (κ2) is 13.6. The molecule has 0 saturated heterocycles. The maximum Gasteiger partial charge on any atom is 0.164 e. The minimum atomic E-state index is 0.0937. The van der Waals surface area contributed by atoms with Crippen molar-refractivity contribution in [2.75, 3.05) is 23.5 Å². The van der Waals surface area contributed by atoms with Crippen molar-refractivity contribution < 1.29 is 9.59 Å². The number of rotatable bonds is 13. The van der Waals surface area contributed by atoms with Gasteiger partial charge in [-0.05, 0) is 38.6 Å². The van der Waals surface area contributed by atoms with Crippen molar-refractivity contribution in [3.05, 3.63) is 23.9 Å². The summed E-state index contributed by atoms with van der Waals surface area (Å²) in [6.07, 6.45) is 6.70. The predicted molar refractivity (Wildman–Crippen MR) is 109 cm³/mol. The van der Waals surface area contributed by atoms with Crippen molar-refractivity contribution in [1.82, 2.24) is 4.98 Å². The lowest BCUT2D eigenvalue weighted by Crippen LogP contribution is -2.03. The zero-order valence-electron chi connectivity index (χ0n) is 14.6. The fraction of sp³-hybridized carbons (Fsp3) is 0.471. The molecule has 1 aromatic heterocycles. The van der Waals surface area contributed by atoms with Gasteiger partial charge >= 0.3 is 0 Å². The van der Waals surface area contributed by atoms with Gasteiger partial charge in [0.15, 0.2) is 11.6 Å². The lowest BCUT2D eigenvalue weighted by atomic mass is 10.1. The first-order valence-corrected chi connectivity index (χ1v) is 10.6. The fourth-order valence-electron chi connectivity index (χ4n) is 1.74. The van der Waals surface area contributed by atoms with Crippen LogP contribution in [-0.2, 0) is 4.79 Å². The molecule has 0 spiro atoms. The number of ketones is 2. The van der Waals surface area contributed by atoms with Crippen LogP contribution in [0.5, 0.6) is 0 Å². The van der Waals surface area contributed by atoms with Gasteiger partial charge in [-0.15, -0.1) is 0 Å². The van der Waals surface area contributed by atoms with Crippen LogP contribution in [0, 0.1) is 0 Å². The molecular weight excluding hydrogens is 356 g/mol. The number of hydrogen-bond donors (Lipinski definition) is 1. The molecule has 0 radical (unpaired) electrons. The average Bonchev–Trinajstić information content (AvgIpc) is 2.64. The topological polar surface area (TPSA) is 83.8 Å². The molecule has 0 aliphatic carbocycles. The fourth-order valence-corrected chi connectivity index (χ4v) is 3.86. The minimum Gasteiger partial charge on any atom is -0.298 e. The second-order valence-corrected chi connectivity index (χ2v) is 7.69. The Bertz CT molecular complexity index is 589. The lowest BCUT2D eigenvalue weighted by molar-refractivity contribution is -0.117. The summed E-state index contributed by atoms with van der Waals surface area (Å²) in [4.78, 5) is 31.6. The van der Waals surface area contributed by atoms with E-state index in [0.717, 1.165) is 17.9 Å². The molecule has 0 atom stereocenters. The molecule has 0 fully saturated rings. The molecule has 0 aliphatic rings. The smallest absolute Gasteiger partial charge is 0.164 e. The third-order valence-electron chi connectivity index (χ3n) is 3.02. The number of pyridine rings is 1. The maximum atomic E-state index is 12.1. The number of anilines is 1. The number of nitrogens with zero attached hydrogens (tertiary/aromatic N) is 3. The number of Topliss-reactive ketones (excluding diaryl/α,β-unsaturated/α-hetero) is 2. The van der Waals surface area contributed by atoms with Gasteiger partial charge in [0.1, 0.15) is 5.82 Å². The summed E-state index contributed by atoms with van der Waals surface area (Å²) in [5.74, 6) is 2.54. The van der Waals surface area contributed by atoms with E-state index in [4.69, 9.17) is 0 Å². The van der Waals surface area contributed by atoms with Crippen molar-refractivity contribution in [2.24, 2.45) is 10.1 Å². The molecule has 0 amide bonds. The van der Waals surface area contributed by atoms with Gasteiger partial charge in [-0.2, -0.15) is 5.10 Å². The molecule has 0 saturated carbocycles. The zero-order chi connectivity index (χ0) is 18.3. The molecule has 6 nitrogen and oxygen atoms in total. The average molecular weight is 381 g/mol. The molecule has 1 N–H and O–H groups in total. The molecule has 8 heteroatoms. The van der Waals surface area contributed by atoms with E-state index in [2.05, 4.69) is 20.5 Å². The van der Waals surface area contributed by atoms with E-state index in [1.165, 1.54) is 0 Å². The van der Waals surface area contributed by atoms with Crippen molar-refractivity contribution in [3.63, 3.8) is 0 Å². The van der Waals surface area contributed by atoms with Crippen LogP contribution in [0.4, 0.5) is 5.82 Å². The van der Waals surface area contributed by atoms with E-state index in [9.17, 15) is 9.59 Å². The Kier molecular flexibility index (Phi) is 11.6. The van der Waals surface area contributed by atoms with Gasteiger partial charge in [0.05, 0.1) is 6.54 Å². The molecule has 1 aromatic rings. The Morgan fingerprint density at radius 1 is 1.16 bits per heavy atom. The zero-order valence-corrected chi connectivity index (χ0v) is 16.2. The van der Waals surface area contributed by atoms with E-state index in [0.29, 0.717) is 24.2 Å². The SMILES string of the molecule is CC=NCC(=O)CCSSCCCC(=O)c1ccc(N/N=C/C)nc1. The number of aromatic nitrogens is 1. The summed E-state index contributed by atoms with van der Waals surface area (Å²) in [6.45, 7) is 3.89. The largest absolute Gasteiger partial charge is 0.298 e. The highest BCUT2D eigenvalue weighted by molar-refractivity contribution is 8.76. The third kappa shape index (κ3) is 10.0. The van der Waals surface area contributed by atoms with Crippen LogP contribution in [0.15, 0.2) is 28.4 Å². The van der Waals surface area contributed by atoms with Crippen molar-refractivity contribution in [1.29, 1.82) is 0 Å². The Morgan fingerprint density at radius 3 is 2.64 bits per heavy atom. The first-order valence-electron chi connectivity index (χ1n) is 8.11. The van der Waals surface area contributed by atoms with Crippen molar-refractivity contribution >= 4 is 51.4 Å². The van der Waals surface area contributed by atoms with Gasteiger partial charge in [-0.25, -0.2) is 4.98 Å². The highest BCUT2D eigenvalue weighted by Crippen LogP contribution is 2.23. The van der Waals surface area contributed by atoms with Gasteiger partial charge in [0, 0.05) is 42.3 Å². The molecule has 1 heterocycles. The summed E-state index contributed by atoms with van der Waals surface area (Å²) >= 11 is 0. The van der Waals surface area contributed by atoms with Gasteiger partial charge < -0.3 is 0 Å². The van der Waals surface area contributed by atoms with Gasteiger partial charge in [0.2, 0.25) is 0 Å². The first-order chi connectivity index (χ1) is 12.2. The standard InChI is InChI=1S/C17H24N4O2S2/c1-3-18-13-15(22)9-11-25-24-10-5-6-16(23)14-7-8-17(19-12-14)21-20-4-2/h3-4,7-8,12H,5-6,9-11,13H2,1-2H3,(H,19,21)/b18-3?,20-4+. The first kappa shape index (κ1) is 21.4. The van der Waals surface area contributed by atoms with E-state index in [-0.39, 0.29) is 18.1 Å². The highest BCUT2D eigenvalue weighted by atomic mass is 33.1. The Hall–Kier alpha value is -1.67. The predicted octanol–water partition coefficient (Wildman–Crippen LogP) is 3.89. The highest BCUT2D eigenvalue weighted by Gasteiger charge is 2.06. The van der Waals surface area contributed by atoms with Crippen LogP contribution < -0.4 is 5.43 Å². The van der Waals surface area contributed by atoms with Crippen molar-refractivity contribution in [3.8, 4) is 0 Å². The van der Waals surface area contributed by atoms with E-state index in [1.807, 2.05) is 6.92 Å². The molecule has 136 valence electrons. The van der Waals surface area contributed by atoms with Crippen LogP contribution in [0.3, 0.4) is 0 Å². The van der Waals surface area contributed by atoms with E-state index in [1.54, 1.807) is 59.3 Å². The van der Waals surface area contributed by atoms with Crippen LogP contribution >= 0.6 is 21.6 Å².